The molecule has 162 valence electrons. The van der Waals surface area contributed by atoms with Gasteiger partial charge in [-0.2, -0.15) is 0 Å². The van der Waals surface area contributed by atoms with Gasteiger partial charge in [0.2, 0.25) is 0 Å². The predicted octanol–water partition coefficient (Wildman–Crippen LogP) is 5.13. The first-order valence-electron chi connectivity index (χ1n) is 11.1. The summed E-state index contributed by atoms with van der Waals surface area (Å²) >= 11 is 0. The maximum absolute atomic E-state index is 12.8. The molecule has 2 atom stereocenters. The first-order chi connectivity index (χ1) is 14.3. The van der Waals surface area contributed by atoms with Crippen molar-refractivity contribution in [1.82, 2.24) is 10.2 Å². The highest BCUT2D eigenvalue weighted by atomic mass is 16.5. The maximum Gasteiger partial charge on any atom is 0.251 e. The fourth-order valence-corrected chi connectivity index (χ4v) is 4.80. The molecule has 1 saturated heterocycles. The lowest BCUT2D eigenvalue weighted by Gasteiger charge is -2.38. The van der Waals surface area contributed by atoms with Gasteiger partial charge in [0.15, 0.2) is 0 Å². The van der Waals surface area contributed by atoms with Gasteiger partial charge in [0.25, 0.3) is 5.91 Å². The zero-order valence-electron chi connectivity index (χ0n) is 19.3. The Hall–Kier alpha value is -2.33. The number of hydrogen-bond donors (Lipinski definition) is 1. The van der Waals surface area contributed by atoms with Crippen molar-refractivity contribution in [2.75, 3.05) is 26.7 Å². The molecule has 2 unspecified atom stereocenters. The van der Waals surface area contributed by atoms with Crippen LogP contribution in [-0.4, -0.2) is 37.6 Å². The van der Waals surface area contributed by atoms with Gasteiger partial charge in [0.1, 0.15) is 5.75 Å². The van der Waals surface area contributed by atoms with E-state index in [0.29, 0.717) is 12.0 Å². The van der Waals surface area contributed by atoms with Crippen LogP contribution in [0.15, 0.2) is 30.3 Å². The summed E-state index contributed by atoms with van der Waals surface area (Å²) in [5.41, 5.74) is 6.80. The second-order valence-electron chi connectivity index (χ2n) is 8.76. The van der Waals surface area contributed by atoms with Gasteiger partial charge in [0.05, 0.1) is 7.11 Å². The van der Waals surface area contributed by atoms with Gasteiger partial charge in [-0.15, -0.1) is 0 Å². The summed E-state index contributed by atoms with van der Waals surface area (Å²) in [6.45, 7) is 13.5. The number of rotatable bonds is 6. The average Bonchev–Trinajstić information content (AvgIpc) is 2.74. The molecule has 2 aromatic rings. The van der Waals surface area contributed by atoms with E-state index in [1.54, 1.807) is 7.11 Å². The molecule has 0 radical (unpaired) electrons. The number of methoxy groups -OCH3 is 1. The molecule has 3 rings (SSSR count). The maximum atomic E-state index is 12.8. The number of nitrogens with zero attached hydrogens (tertiary/aromatic N) is 1. The number of ether oxygens (including phenoxy) is 1. The third-order valence-corrected chi connectivity index (χ3v) is 6.81. The normalized spacial score (nSPS) is 18.1. The Kier molecular flexibility index (Phi) is 7.19. The molecule has 30 heavy (non-hydrogen) atoms. The number of benzene rings is 2. The van der Waals surface area contributed by atoms with Crippen LogP contribution >= 0.6 is 0 Å². The zero-order chi connectivity index (χ0) is 21.8. The fourth-order valence-electron chi connectivity index (χ4n) is 4.80. The van der Waals surface area contributed by atoms with Crippen molar-refractivity contribution in [3.05, 3.63) is 63.7 Å². The minimum absolute atomic E-state index is 0.0531. The Labute approximate surface area is 181 Å². The van der Waals surface area contributed by atoms with Crippen molar-refractivity contribution in [3.63, 3.8) is 0 Å². The molecular weight excluding hydrogens is 372 g/mol. The van der Waals surface area contributed by atoms with E-state index in [1.165, 1.54) is 23.1 Å². The number of likely N-dealkylation sites (tertiary alicyclic amines) is 1. The van der Waals surface area contributed by atoms with E-state index < -0.39 is 0 Å². The predicted molar refractivity (Wildman–Crippen MR) is 123 cm³/mol. The van der Waals surface area contributed by atoms with E-state index in [2.05, 4.69) is 43.1 Å². The number of amides is 1. The van der Waals surface area contributed by atoms with Gasteiger partial charge in [-0.25, -0.2) is 0 Å². The first-order valence-corrected chi connectivity index (χ1v) is 11.1. The van der Waals surface area contributed by atoms with E-state index in [4.69, 9.17) is 4.74 Å². The van der Waals surface area contributed by atoms with Crippen molar-refractivity contribution in [1.29, 1.82) is 0 Å². The lowest BCUT2D eigenvalue weighted by Crippen LogP contribution is -2.42. The molecule has 2 aromatic carbocycles. The molecule has 0 aromatic heterocycles. The molecule has 1 heterocycles. The van der Waals surface area contributed by atoms with Crippen molar-refractivity contribution >= 4 is 5.91 Å². The minimum Gasteiger partial charge on any atom is -0.496 e. The van der Waals surface area contributed by atoms with Crippen LogP contribution in [0.2, 0.25) is 0 Å². The van der Waals surface area contributed by atoms with Gasteiger partial charge in [0, 0.05) is 24.7 Å². The summed E-state index contributed by atoms with van der Waals surface area (Å²) < 4.78 is 5.48. The van der Waals surface area contributed by atoms with E-state index in [0.717, 1.165) is 48.5 Å². The van der Waals surface area contributed by atoms with Gasteiger partial charge in [-0.3, -0.25) is 9.69 Å². The van der Waals surface area contributed by atoms with Crippen molar-refractivity contribution in [2.45, 2.75) is 53.5 Å². The molecule has 4 nitrogen and oxygen atoms in total. The molecule has 1 amide bonds. The molecule has 1 aliphatic rings. The van der Waals surface area contributed by atoms with Gasteiger partial charge in [-0.05, 0) is 93.8 Å². The number of carbonyl (C=O) groups is 1. The SMILES string of the molecule is COc1ccc(C(C)N2CCCC(CNC(=O)c3c(C)cccc3C)C2)c(C)c1C. The number of piperidine rings is 1. The van der Waals surface area contributed by atoms with E-state index in [1.807, 2.05) is 32.0 Å². The summed E-state index contributed by atoms with van der Waals surface area (Å²) in [4.78, 5) is 15.3. The van der Waals surface area contributed by atoms with E-state index >= 15 is 0 Å². The summed E-state index contributed by atoms with van der Waals surface area (Å²) in [6, 6.07) is 10.7. The standard InChI is InChI=1S/C26H36N2O2/c1-17-9-7-10-18(2)25(17)26(29)27-15-22-11-8-14-28(16-22)21(5)23-12-13-24(30-6)20(4)19(23)3/h7,9-10,12-13,21-22H,8,11,14-16H2,1-6H3,(H,27,29). The van der Waals surface area contributed by atoms with Crippen LogP contribution < -0.4 is 10.1 Å². The summed E-state index contributed by atoms with van der Waals surface area (Å²) in [5.74, 6) is 1.49. The Morgan fingerprint density at radius 2 is 1.83 bits per heavy atom. The van der Waals surface area contributed by atoms with Gasteiger partial charge < -0.3 is 10.1 Å². The number of hydrogen-bond acceptors (Lipinski definition) is 3. The topological polar surface area (TPSA) is 41.6 Å². The van der Waals surface area contributed by atoms with Crippen LogP contribution in [0.1, 0.15) is 64.0 Å². The van der Waals surface area contributed by atoms with Crippen LogP contribution in [0.5, 0.6) is 5.75 Å². The molecule has 1 aliphatic heterocycles. The second kappa shape index (κ2) is 9.65. The first kappa shape index (κ1) is 22.4. The van der Waals surface area contributed by atoms with E-state index in [9.17, 15) is 4.79 Å². The minimum atomic E-state index is 0.0531. The number of carbonyl (C=O) groups excluding carboxylic acids is 1. The molecule has 0 bridgehead atoms. The average molecular weight is 409 g/mol. The third kappa shape index (κ3) is 4.70. The van der Waals surface area contributed by atoms with Gasteiger partial charge in [-0.1, -0.05) is 24.3 Å². The Balaban J connectivity index is 1.64. The van der Waals surface area contributed by atoms with Crippen LogP contribution in [-0.2, 0) is 0 Å². The van der Waals surface area contributed by atoms with E-state index in [-0.39, 0.29) is 5.91 Å². The quantitative estimate of drug-likeness (QED) is 0.720. The van der Waals surface area contributed by atoms with Crippen molar-refractivity contribution < 1.29 is 9.53 Å². The summed E-state index contributed by atoms with van der Waals surface area (Å²) in [6.07, 6.45) is 2.33. The Morgan fingerprint density at radius 1 is 1.13 bits per heavy atom. The monoisotopic (exact) mass is 408 g/mol. The zero-order valence-corrected chi connectivity index (χ0v) is 19.3. The number of aryl methyl sites for hydroxylation is 2. The van der Waals surface area contributed by atoms with Crippen LogP contribution in [0.25, 0.3) is 0 Å². The van der Waals surface area contributed by atoms with Crippen LogP contribution in [0.4, 0.5) is 0 Å². The highest BCUT2D eigenvalue weighted by molar-refractivity contribution is 5.97. The number of nitrogens with one attached hydrogen (secondary N) is 1. The molecule has 0 aliphatic carbocycles. The Morgan fingerprint density at radius 3 is 2.50 bits per heavy atom. The van der Waals surface area contributed by atoms with Crippen LogP contribution in [0, 0.1) is 33.6 Å². The van der Waals surface area contributed by atoms with Gasteiger partial charge >= 0.3 is 0 Å². The van der Waals surface area contributed by atoms with Crippen molar-refractivity contribution in [2.24, 2.45) is 5.92 Å². The molecule has 0 spiro atoms. The lowest BCUT2D eigenvalue weighted by atomic mass is 9.92. The largest absolute Gasteiger partial charge is 0.496 e. The smallest absolute Gasteiger partial charge is 0.251 e. The molecule has 0 saturated carbocycles. The Bertz CT molecular complexity index is 886. The highest BCUT2D eigenvalue weighted by Crippen LogP contribution is 2.32. The molecule has 1 fully saturated rings. The fraction of sp³-hybridized carbons (Fsp3) is 0.500. The second-order valence-corrected chi connectivity index (χ2v) is 8.76. The van der Waals surface area contributed by atoms with Crippen LogP contribution in [0.3, 0.4) is 0 Å². The summed E-state index contributed by atoms with van der Waals surface area (Å²) in [7, 11) is 1.73. The highest BCUT2D eigenvalue weighted by Gasteiger charge is 2.26. The molecule has 1 N–H and O–H groups in total. The molecular formula is C26H36N2O2. The molecule has 4 heteroatoms. The summed E-state index contributed by atoms with van der Waals surface area (Å²) in [5, 5.41) is 3.20. The van der Waals surface area contributed by atoms with Crippen molar-refractivity contribution in [3.8, 4) is 5.75 Å². The lowest BCUT2D eigenvalue weighted by molar-refractivity contribution is 0.0916. The third-order valence-electron chi connectivity index (χ3n) is 6.81.